The standard InChI is InChI=1S/C13H20N2O4/c1-2-7-19-13(18)14-5-3-11(4-6-14)15-8-10(9-15)12(16)17/h2,10-11H,1,3-9H2,(H,16,17). The monoisotopic (exact) mass is 268 g/mol. The maximum atomic E-state index is 11.6. The highest BCUT2D eigenvalue weighted by Crippen LogP contribution is 2.25. The van der Waals surface area contributed by atoms with Gasteiger partial charge in [0.1, 0.15) is 6.61 Å². The van der Waals surface area contributed by atoms with Crippen molar-refractivity contribution in [1.82, 2.24) is 9.80 Å². The molecule has 1 N–H and O–H groups in total. The van der Waals surface area contributed by atoms with E-state index >= 15 is 0 Å². The van der Waals surface area contributed by atoms with Crippen LogP contribution in [0.25, 0.3) is 0 Å². The molecule has 1 amide bonds. The Morgan fingerprint density at radius 2 is 1.95 bits per heavy atom. The van der Waals surface area contributed by atoms with Crippen LogP contribution < -0.4 is 0 Å². The third kappa shape index (κ3) is 3.26. The van der Waals surface area contributed by atoms with Crippen molar-refractivity contribution in [1.29, 1.82) is 0 Å². The molecular weight excluding hydrogens is 248 g/mol. The average Bonchev–Trinajstić information content (AvgIpc) is 2.34. The maximum Gasteiger partial charge on any atom is 0.410 e. The van der Waals surface area contributed by atoms with E-state index < -0.39 is 5.97 Å². The molecule has 6 nitrogen and oxygen atoms in total. The number of amides is 1. The Morgan fingerprint density at radius 1 is 1.32 bits per heavy atom. The number of likely N-dealkylation sites (tertiary alicyclic amines) is 2. The van der Waals surface area contributed by atoms with Gasteiger partial charge in [-0.25, -0.2) is 4.79 Å². The molecule has 2 aliphatic heterocycles. The van der Waals surface area contributed by atoms with Gasteiger partial charge in [0.25, 0.3) is 0 Å². The molecule has 2 heterocycles. The molecule has 6 heteroatoms. The number of rotatable bonds is 4. The summed E-state index contributed by atoms with van der Waals surface area (Å²) in [7, 11) is 0. The fourth-order valence-electron chi connectivity index (χ4n) is 2.60. The molecule has 2 saturated heterocycles. The normalized spacial score (nSPS) is 21.8. The second-order valence-electron chi connectivity index (χ2n) is 5.07. The highest BCUT2D eigenvalue weighted by molar-refractivity contribution is 5.71. The van der Waals surface area contributed by atoms with Crippen molar-refractivity contribution in [2.75, 3.05) is 32.8 Å². The lowest BCUT2D eigenvalue weighted by Crippen LogP contribution is -2.57. The molecule has 0 aromatic rings. The topological polar surface area (TPSA) is 70.1 Å². The van der Waals surface area contributed by atoms with E-state index in [-0.39, 0.29) is 18.6 Å². The molecule has 0 saturated carbocycles. The van der Waals surface area contributed by atoms with Crippen LogP contribution in [0.2, 0.25) is 0 Å². The molecule has 2 aliphatic rings. The zero-order chi connectivity index (χ0) is 13.8. The predicted octanol–water partition coefficient (Wildman–Crippen LogP) is 0.790. The average molecular weight is 268 g/mol. The second-order valence-corrected chi connectivity index (χ2v) is 5.07. The third-order valence-corrected chi connectivity index (χ3v) is 3.82. The zero-order valence-electron chi connectivity index (χ0n) is 11.0. The van der Waals surface area contributed by atoms with Crippen molar-refractivity contribution in [3.05, 3.63) is 12.7 Å². The van der Waals surface area contributed by atoms with Gasteiger partial charge < -0.3 is 14.7 Å². The van der Waals surface area contributed by atoms with Gasteiger partial charge in [0, 0.05) is 32.2 Å². The SMILES string of the molecule is C=CCOC(=O)N1CCC(N2CC(C(=O)O)C2)CC1. The fourth-order valence-corrected chi connectivity index (χ4v) is 2.60. The number of ether oxygens (including phenoxy) is 1. The first-order chi connectivity index (χ1) is 9.11. The number of aliphatic carboxylic acids is 1. The second kappa shape index (κ2) is 6.06. The lowest BCUT2D eigenvalue weighted by molar-refractivity contribution is -0.149. The summed E-state index contributed by atoms with van der Waals surface area (Å²) >= 11 is 0. The number of carbonyl (C=O) groups is 2. The quantitative estimate of drug-likeness (QED) is 0.763. The number of nitrogens with zero attached hydrogens (tertiary/aromatic N) is 2. The molecule has 0 aromatic heterocycles. The first kappa shape index (κ1) is 13.9. The molecular formula is C13H20N2O4. The minimum absolute atomic E-state index is 0.212. The van der Waals surface area contributed by atoms with Crippen LogP contribution in [-0.2, 0) is 9.53 Å². The number of hydrogen-bond acceptors (Lipinski definition) is 4. The van der Waals surface area contributed by atoms with E-state index in [0.29, 0.717) is 32.2 Å². The van der Waals surface area contributed by atoms with E-state index in [1.54, 1.807) is 11.0 Å². The Hall–Kier alpha value is -1.56. The van der Waals surface area contributed by atoms with Gasteiger partial charge in [-0.2, -0.15) is 0 Å². The zero-order valence-corrected chi connectivity index (χ0v) is 11.0. The lowest BCUT2D eigenvalue weighted by atomic mass is 9.93. The number of carboxylic acids is 1. The summed E-state index contributed by atoms with van der Waals surface area (Å²) in [5.74, 6) is -0.919. The summed E-state index contributed by atoms with van der Waals surface area (Å²) < 4.78 is 4.99. The minimum Gasteiger partial charge on any atom is -0.481 e. The van der Waals surface area contributed by atoms with Gasteiger partial charge in [-0.05, 0) is 12.8 Å². The Morgan fingerprint density at radius 3 is 2.47 bits per heavy atom. The largest absolute Gasteiger partial charge is 0.481 e. The molecule has 19 heavy (non-hydrogen) atoms. The maximum absolute atomic E-state index is 11.6. The summed E-state index contributed by atoms with van der Waals surface area (Å²) in [6.07, 6.45) is 3.03. The van der Waals surface area contributed by atoms with Crippen molar-refractivity contribution in [3.63, 3.8) is 0 Å². The van der Waals surface area contributed by atoms with Gasteiger partial charge in [-0.3, -0.25) is 9.69 Å². The van der Waals surface area contributed by atoms with Crippen LogP contribution in [0.1, 0.15) is 12.8 Å². The lowest BCUT2D eigenvalue weighted by Gasteiger charge is -2.45. The first-order valence-corrected chi connectivity index (χ1v) is 6.61. The molecule has 2 rings (SSSR count). The van der Waals surface area contributed by atoms with Crippen LogP contribution in [0, 0.1) is 5.92 Å². The van der Waals surface area contributed by atoms with Crippen molar-refractivity contribution < 1.29 is 19.4 Å². The number of piperidine rings is 1. The smallest absolute Gasteiger partial charge is 0.410 e. The van der Waals surface area contributed by atoms with Gasteiger partial charge in [0.2, 0.25) is 0 Å². The van der Waals surface area contributed by atoms with Gasteiger partial charge in [0.05, 0.1) is 5.92 Å². The predicted molar refractivity (Wildman–Crippen MR) is 68.8 cm³/mol. The van der Waals surface area contributed by atoms with Gasteiger partial charge in [0.15, 0.2) is 0 Å². The summed E-state index contributed by atoms with van der Waals surface area (Å²) in [4.78, 5) is 26.3. The number of carbonyl (C=O) groups excluding carboxylic acids is 1. The summed E-state index contributed by atoms with van der Waals surface area (Å²) in [5, 5.41) is 8.84. The summed E-state index contributed by atoms with van der Waals surface area (Å²) in [6, 6.07) is 0.402. The van der Waals surface area contributed by atoms with E-state index in [9.17, 15) is 9.59 Å². The van der Waals surface area contributed by atoms with Gasteiger partial charge >= 0.3 is 12.1 Å². The van der Waals surface area contributed by atoms with Gasteiger partial charge in [-0.1, -0.05) is 12.7 Å². The van der Waals surface area contributed by atoms with Crippen LogP contribution in [0.5, 0.6) is 0 Å². The summed E-state index contributed by atoms with van der Waals surface area (Å²) in [6.45, 7) is 6.37. The molecule has 0 bridgehead atoms. The van der Waals surface area contributed by atoms with Crippen molar-refractivity contribution in [2.24, 2.45) is 5.92 Å². The van der Waals surface area contributed by atoms with Crippen LogP contribution >= 0.6 is 0 Å². The van der Waals surface area contributed by atoms with E-state index in [1.165, 1.54) is 0 Å². The van der Waals surface area contributed by atoms with Crippen LogP contribution in [0.4, 0.5) is 4.79 Å². The minimum atomic E-state index is -0.707. The molecule has 0 spiro atoms. The highest BCUT2D eigenvalue weighted by atomic mass is 16.6. The van der Waals surface area contributed by atoms with Gasteiger partial charge in [-0.15, -0.1) is 0 Å². The summed E-state index contributed by atoms with van der Waals surface area (Å²) in [5.41, 5.74) is 0. The molecule has 2 fully saturated rings. The highest BCUT2D eigenvalue weighted by Gasteiger charge is 2.38. The third-order valence-electron chi connectivity index (χ3n) is 3.82. The van der Waals surface area contributed by atoms with Crippen LogP contribution in [0.15, 0.2) is 12.7 Å². The van der Waals surface area contributed by atoms with Crippen molar-refractivity contribution >= 4 is 12.1 Å². The Balaban J connectivity index is 1.70. The Labute approximate surface area is 112 Å². The number of carboxylic acid groups (broad SMARTS) is 1. The van der Waals surface area contributed by atoms with E-state index in [2.05, 4.69) is 11.5 Å². The molecule has 0 unspecified atom stereocenters. The Bertz CT molecular complexity index is 358. The first-order valence-electron chi connectivity index (χ1n) is 6.61. The molecule has 0 aromatic carbocycles. The van der Waals surface area contributed by atoms with Crippen LogP contribution in [0.3, 0.4) is 0 Å². The van der Waals surface area contributed by atoms with E-state index in [1.807, 2.05) is 0 Å². The molecule has 0 atom stereocenters. The molecule has 0 aliphatic carbocycles. The van der Waals surface area contributed by atoms with Crippen LogP contribution in [-0.4, -0.2) is 65.8 Å². The molecule has 0 radical (unpaired) electrons. The van der Waals surface area contributed by atoms with Crippen molar-refractivity contribution in [2.45, 2.75) is 18.9 Å². The van der Waals surface area contributed by atoms with Crippen molar-refractivity contribution in [3.8, 4) is 0 Å². The number of hydrogen-bond donors (Lipinski definition) is 1. The van der Waals surface area contributed by atoms with E-state index in [4.69, 9.17) is 9.84 Å². The van der Waals surface area contributed by atoms with E-state index in [0.717, 1.165) is 12.8 Å². The fraction of sp³-hybridized carbons (Fsp3) is 0.692. The molecule has 106 valence electrons. The Kier molecular flexibility index (Phi) is 4.42.